The summed E-state index contributed by atoms with van der Waals surface area (Å²) < 4.78 is 33.4. The first kappa shape index (κ1) is 20.7. The number of fused-ring (bicyclic) bond motifs is 1. The summed E-state index contributed by atoms with van der Waals surface area (Å²) >= 11 is 1.17. The maximum Gasteiger partial charge on any atom is 0.250 e. The number of nitrogens with one attached hydrogen (secondary N) is 2. The van der Waals surface area contributed by atoms with Gasteiger partial charge in [0.1, 0.15) is 4.21 Å². The second-order valence-electron chi connectivity index (χ2n) is 7.63. The third-order valence-electron chi connectivity index (χ3n) is 5.76. The van der Waals surface area contributed by atoms with Crippen LogP contribution in [0, 0.1) is 0 Å². The first-order chi connectivity index (χ1) is 13.9. The second-order valence-corrected chi connectivity index (χ2v) is 10.5. The fraction of sp³-hybridized carbons (Fsp3) is 0.667. The van der Waals surface area contributed by atoms with Gasteiger partial charge in [-0.3, -0.25) is 14.5 Å². The summed E-state index contributed by atoms with van der Waals surface area (Å²) in [5, 5.41) is 4.64. The SMILES string of the molecule is O=C1NC[C@@H](CCC(=O)N2CCOCC2)N2C[C@H](NS(=O)(=O)c3cccs3)C[C@@H]12. The highest BCUT2D eigenvalue weighted by molar-refractivity contribution is 7.91. The molecule has 4 heterocycles. The number of nitrogens with zero attached hydrogens (tertiary/aromatic N) is 2. The quantitative estimate of drug-likeness (QED) is 0.621. The highest BCUT2D eigenvalue weighted by atomic mass is 32.2. The molecule has 1 aromatic heterocycles. The smallest absolute Gasteiger partial charge is 0.250 e. The number of hydrogen-bond acceptors (Lipinski definition) is 7. The van der Waals surface area contributed by atoms with E-state index in [0.29, 0.717) is 58.7 Å². The van der Waals surface area contributed by atoms with Crippen molar-refractivity contribution in [3.63, 3.8) is 0 Å². The van der Waals surface area contributed by atoms with Gasteiger partial charge in [-0.15, -0.1) is 11.3 Å². The molecule has 29 heavy (non-hydrogen) atoms. The van der Waals surface area contributed by atoms with Gasteiger partial charge in [-0.1, -0.05) is 6.07 Å². The molecule has 0 saturated carbocycles. The lowest BCUT2D eigenvalue weighted by molar-refractivity contribution is -0.136. The lowest BCUT2D eigenvalue weighted by Gasteiger charge is -2.37. The van der Waals surface area contributed by atoms with Crippen LogP contribution in [0.25, 0.3) is 0 Å². The number of ether oxygens (including phenoxy) is 1. The van der Waals surface area contributed by atoms with Crippen LogP contribution >= 0.6 is 11.3 Å². The lowest BCUT2D eigenvalue weighted by Crippen LogP contribution is -2.58. The minimum atomic E-state index is -3.58. The van der Waals surface area contributed by atoms with Crippen LogP contribution in [0.3, 0.4) is 0 Å². The molecule has 3 aliphatic heterocycles. The van der Waals surface area contributed by atoms with Gasteiger partial charge in [0.2, 0.25) is 21.8 Å². The van der Waals surface area contributed by atoms with E-state index in [1.54, 1.807) is 17.5 Å². The molecule has 11 heteroatoms. The average molecular weight is 443 g/mol. The first-order valence-corrected chi connectivity index (χ1v) is 12.2. The van der Waals surface area contributed by atoms with E-state index in [-0.39, 0.29) is 34.1 Å². The molecule has 0 unspecified atom stereocenters. The minimum Gasteiger partial charge on any atom is -0.378 e. The van der Waals surface area contributed by atoms with E-state index < -0.39 is 10.0 Å². The van der Waals surface area contributed by atoms with Crippen molar-refractivity contribution in [1.82, 2.24) is 19.8 Å². The average Bonchev–Trinajstić information content (AvgIpc) is 3.38. The highest BCUT2D eigenvalue weighted by Gasteiger charge is 2.44. The van der Waals surface area contributed by atoms with Gasteiger partial charge < -0.3 is 15.0 Å². The highest BCUT2D eigenvalue weighted by Crippen LogP contribution is 2.27. The van der Waals surface area contributed by atoms with E-state index in [4.69, 9.17) is 4.74 Å². The summed E-state index contributed by atoms with van der Waals surface area (Å²) in [6, 6.07) is 2.62. The van der Waals surface area contributed by atoms with Gasteiger partial charge in [0, 0.05) is 44.7 Å². The zero-order valence-corrected chi connectivity index (χ0v) is 17.7. The standard InChI is InChI=1S/C18H26N4O5S2/c23-16(21-5-7-27-8-6-21)4-3-14-11-19-18(24)15-10-13(12-22(14)15)20-29(25,26)17-2-1-9-28-17/h1-2,9,13-15,20H,3-8,10-12H2,(H,19,24)/t13-,14-,15+/m1/s1. The fourth-order valence-electron chi connectivity index (χ4n) is 4.28. The molecule has 9 nitrogen and oxygen atoms in total. The fourth-order valence-corrected chi connectivity index (χ4v) is 6.53. The number of morpholine rings is 1. The summed E-state index contributed by atoms with van der Waals surface area (Å²) in [4.78, 5) is 28.7. The van der Waals surface area contributed by atoms with E-state index in [1.165, 1.54) is 11.3 Å². The Labute approximate surface area is 174 Å². The van der Waals surface area contributed by atoms with Gasteiger partial charge in [-0.25, -0.2) is 13.1 Å². The topological polar surface area (TPSA) is 108 Å². The summed E-state index contributed by atoms with van der Waals surface area (Å²) in [6.45, 7) is 3.35. The normalized spacial score (nSPS) is 28.2. The predicted molar refractivity (Wildman–Crippen MR) is 107 cm³/mol. The van der Waals surface area contributed by atoms with E-state index in [0.717, 1.165) is 0 Å². The third-order valence-corrected chi connectivity index (χ3v) is 8.68. The summed E-state index contributed by atoms with van der Waals surface area (Å²) in [7, 11) is -3.58. The predicted octanol–water partition coefficient (Wildman–Crippen LogP) is -0.393. The molecule has 3 atom stereocenters. The van der Waals surface area contributed by atoms with Crippen molar-refractivity contribution in [2.75, 3.05) is 39.4 Å². The van der Waals surface area contributed by atoms with Gasteiger partial charge in [0.05, 0.1) is 19.3 Å². The van der Waals surface area contributed by atoms with Gasteiger partial charge in [-0.05, 0) is 24.3 Å². The van der Waals surface area contributed by atoms with Crippen LogP contribution in [0.2, 0.25) is 0 Å². The number of hydrogen-bond donors (Lipinski definition) is 2. The van der Waals surface area contributed by atoms with Crippen molar-refractivity contribution in [1.29, 1.82) is 0 Å². The maximum atomic E-state index is 12.5. The van der Waals surface area contributed by atoms with Gasteiger partial charge in [0.15, 0.2) is 0 Å². The number of sulfonamides is 1. The molecule has 0 bridgehead atoms. The Morgan fingerprint density at radius 1 is 1.34 bits per heavy atom. The maximum absolute atomic E-state index is 12.5. The van der Waals surface area contributed by atoms with Crippen LogP contribution in [0.1, 0.15) is 19.3 Å². The molecule has 0 spiro atoms. The molecule has 0 radical (unpaired) electrons. The Hall–Kier alpha value is -1.53. The zero-order valence-electron chi connectivity index (χ0n) is 16.1. The van der Waals surface area contributed by atoms with Crippen molar-refractivity contribution >= 4 is 33.2 Å². The molecule has 1 aromatic rings. The van der Waals surface area contributed by atoms with E-state index >= 15 is 0 Å². The minimum absolute atomic E-state index is 0.0268. The van der Waals surface area contributed by atoms with E-state index in [9.17, 15) is 18.0 Å². The third kappa shape index (κ3) is 4.64. The molecule has 2 N–H and O–H groups in total. The lowest BCUT2D eigenvalue weighted by atomic mass is 10.0. The summed E-state index contributed by atoms with van der Waals surface area (Å²) in [6.07, 6.45) is 1.48. The molecular weight excluding hydrogens is 416 g/mol. The Morgan fingerprint density at radius 3 is 2.86 bits per heavy atom. The molecule has 0 aromatic carbocycles. The van der Waals surface area contributed by atoms with Crippen molar-refractivity contribution in [2.24, 2.45) is 0 Å². The first-order valence-electron chi connectivity index (χ1n) is 9.89. The number of rotatable bonds is 6. The Balaban J connectivity index is 1.36. The molecule has 160 valence electrons. The van der Waals surface area contributed by atoms with Crippen LogP contribution in [-0.2, 0) is 24.3 Å². The molecule has 3 fully saturated rings. The Bertz CT molecular complexity index is 838. The Kier molecular flexibility index (Phi) is 6.21. The molecule has 3 aliphatic rings. The number of thiophene rings is 1. The van der Waals surface area contributed by atoms with Crippen LogP contribution < -0.4 is 10.0 Å². The van der Waals surface area contributed by atoms with E-state index in [1.807, 2.05) is 4.90 Å². The van der Waals surface area contributed by atoms with Crippen LogP contribution in [0.4, 0.5) is 0 Å². The second kappa shape index (κ2) is 8.68. The number of carbonyl (C=O) groups is 2. The number of carbonyl (C=O) groups excluding carboxylic acids is 2. The van der Waals surface area contributed by atoms with Crippen molar-refractivity contribution in [2.45, 2.75) is 41.6 Å². The van der Waals surface area contributed by atoms with Crippen molar-refractivity contribution < 1.29 is 22.7 Å². The van der Waals surface area contributed by atoms with Gasteiger partial charge in [-0.2, -0.15) is 0 Å². The largest absolute Gasteiger partial charge is 0.378 e. The van der Waals surface area contributed by atoms with Crippen molar-refractivity contribution in [3.8, 4) is 0 Å². The Morgan fingerprint density at radius 2 is 2.14 bits per heavy atom. The monoisotopic (exact) mass is 442 g/mol. The van der Waals surface area contributed by atoms with Crippen LogP contribution in [-0.4, -0.2) is 87.6 Å². The van der Waals surface area contributed by atoms with Crippen LogP contribution in [0.5, 0.6) is 0 Å². The van der Waals surface area contributed by atoms with E-state index in [2.05, 4.69) is 14.9 Å². The van der Waals surface area contributed by atoms with Crippen molar-refractivity contribution in [3.05, 3.63) is 17.5 Å². The molecular formula is C18H26N4O5S2. The summed E-state index contributed by atoms with van der Waals surface area (Å²) in [5.41, 5.74) is 0. The number of piperazine rings is 1. The zero-order chi connectivity index (χ0) is 20.4. The molecule has 0 aliphatic carbocycles. The summed E-state index contributed by atoms with van der Waals surface area (Å²) in [5.74, 6) is 0.0365. The molecule has 4 rings (SSSR count). The van der Waals surface area contributed by atoms with Gasteiger partial charge >= 0.3 is 0 Å². The number of amides is 2. The molecule has 2 amide bonds. The van der Waals surface area contributed by atoms with Crippen LogP contribution in [0.15, 0.2) is 21.7 Å². The molecule has 3 saturated heterocycles. The van der Waals surface area contributed by atoms with Gasteiger partial charge in [0.25, 0.3) is 0 Å².